The molecular weight excluding hydrogens is 298 g/mol. The minimum atomic E-state index is -0.539. The van der Waals surface area contributed by atoms with Crippen LogP contribution in [0.3, 0.4) is 0 Å². The summed E-state index contributed by atoms with van der Waals surface area (Å²) in [6.07, 6.45) is 0.186. The number of hydrogen-bond donors (Lipinski definition) is 2. The van der Waals surface area contributed by atoms with Crippen LogP contribution < -0.4 is 10.6 Å². The van der Waals surface area contributed by atoms with Gasteiger partial charge < -0.3 is 10.6 Å². The van der Waals surface area contributed by atoms with Crippen molar-refractivity contribution in [2.24, 2.45) is 0 Å². The Balaban J connectivity index is 1.81. The molecule has 3 nitrogen and oxygen atoms in total. The topological polar surface area (TPSA) is 41.1 Å². The van der Waals surface area contributed by atoms with E-state index in [1.54, 1.807) is 12.1 Å². The van der Waals surface area contributed by atoms with Crippen LogP contribution in [0, 0.1) is 11.6 Å². The molecule has 0 saturated carbocycles. The maximum absolute atomic E-state index is 13.0. The number of rotatable bonds is 5. The molecule has 0 saturated heterocycles. The zero-order valence-corrected chi connectivity index (χ0v) is 11.8. The van der Waals surface area contributed by atoms with Crippen LogP contribution in [0.5, 0.6) is 0 Å². The Kier molecular flexibility index (Phi) is 5.11. The van der Waals surface area contributed by atoms with Crippen molar-refractivity contribution in [2.45, 2.75) is 6.42 Å². The number of halogens is 3. The van der Waals surface area contributed by atoms with Crippen molar-refractivity contribution in [2.75, 3.05) is 17.2 Å². The molecule has 0 aliphatic carbocycles. The van der Waals surface area contributed by atoms with Gasteiger partial charge in [-0.1, -0.05) is 17.7 Å². The number of carbonyl (C=O) groups is 1. The van der Waals surface area contributed by atoms with E-state index in [1.165, 1.54) is 30.3 Å². The molecule has 2 aromatic carbocycles. The predicted octanol–water partition coefficient (Wildman–Crippen LogP) is 4.06. The van der Waals surface area contributed by atoms with Gasteiger partial charge in [0.1, 0.15) is 11.6 Å². The first-order chi connectivity index (χ1) is 10.0. The van der Waals surface area contributed by atoms with E-state index in [0.29, 0.717) is 17.9 Å². The van der Waals surface area contributed by atoms with Gasteiger partial charge in [0.15, 0.2) is 0 Å². The molecule has 21 heavy (non-hydrogen) atoms. The molecule has 2 N–H and O–H groups in total. The highest BCUT2D eigenvalue weighted by molar-refractivity contribution is 6.31. The van der Waals surface area contributed by atoms with E-state index < -0.39 is 5.82 Å². The second kappa shape index (κ2) is 7.04. The van der Waals surface area contributed by atoms with Crippen molar-refractivity contribution in [3.8, 4) is 0 Å². The van der Waals surface area contributed by atoms with Gasteiger partial charge in [-0.2, -0.15) is 0 Å². The molecule has 0 fully saturated rings. The van der Waals surface area contributed by atoms with Crippen molar-refractivity contribution in [1.29, 1.82) is 0 Å². The van der Waals surface area contributed by atoms with Crippen molar-refractivity contribution in [1.82, 2.24) is 0 Å². The van der Waals surface area contributed by atoms with Crippen LogP contribution in [0.25, 0.3) is 0 Å². The maximum Gasteiger partial charge on any atom is 0.226 e. The summed E-state index contributed by atoms with van der Waals surface area (Å²) in [7, 11) is 0. The average Bonchev–Trinajstić information content (AvgIpc) is 2.43. The first-order valence-corrected chi connectivity index (χ1v) is 6.67. The van der Waals surface area contributed by atoms with Gasteiger partial charge in [-0.05, 0) is 36.4 Å². The highest BCUT2D eigenvalue weighted by Crippen LogP contribution is 2.19. The molecule has 0 spiro atoms. The van der Waals surface area contributed by atoms with Crippen LogP contribution in [-0.2, 0) is 4.79 Å². The second-order valence-corrected chi connectivity index (χ2v) is 4.77. The van der Waals surface area contributed by atoms with E-state index in [1.807, 2.05) is 0 Å². The summed E-state index contributed by atoms with van der Waals surface area (Å²) >= 11 is 5.62. The Hall–Kier alpha value is -2.14. The SMILES string of the molecule is O=C(CCNc1cccc(F)c1)Nc1ccc(F)c(Cl)c1. The van der Waals surface area contributed by atoms with Crippen LogP contribution in [0.4, 0.5) is 20.2 Å². The van der Waals surface area contributed by atoms with E-state index in [2.05, 4.69) is 10.6 Å². The molecule has 0 heterocycles. The normalized spacial score (nSPS) is 10.2. The minimum absolute atomic E-state index is 0.0503. The van der Waals surface area contributed by atoms with Crippen molar-refractivity contribution >= 4 is 28.9 Å². The number of benzene rings is 2. The molecule has 0 radical (unpaired) electrons. The molecule has 0 bridgehead atoms. The smallest absolute Gasteiger partial charge is 0.226 e. The lowest BCUT2D eigenvalue weighted by atomic mass is 10.3. The second-order valence-electron chi connectivity index (χ2n) is 4.36. The molecule has 0 aromatic heterocycles. The fraction of sp³-hybridized carbons (Fsp3) is 0.133. The van der Waals surface area contributed by atoms with Gasteiger partial charge >= 0.3 is 0 Å². The number of hydrogen-bond acceptors (Lipinski definition) is 2. The standard InChI is InChI=1S/C15H13ClF2N2O/c16-13-9-12(4-5-14(13)18)20-15(21)6-7-19-11-3-1-2-10(17)8-11/h1-5,8-9,19H,6-7H2,(H,20,21). The lowest BCUT2D eigenvalue weighted by Crippen LogP contribution is -2.16. The molecular formula is C15H13ClF2N2O. The maximum atomic E-state index is 13.0. The molecule has 0 aliphatic rings. The molecule has 0 aliphatic heterocycles. The Bertz CT molecular complexity index is 649. The first-order valence-electron chi connectivity index (χ1n) is 6.29. The molecule has 1 amide bonds. The zero-order chi connectivity index (χ0) is 15.2. The predicted molar refractivity (Wildman–Crippen MR) is 79.5 cm³/mol. The highest BCUT2D eigenvalue weighted by atomic mass is 35.5. The van der Waals surface area contributed by atoms with Crippen LogP contribution in [0.1, 0.15) is 6.42 Å². The van der Waals surface area contributed by atoms with Crippen LogP contribution >= 0.6 is 11.6 Å². The molecule has 2 rings (SSSR count). The Morgan fingerprint density at radius 3 is 2.62 bits per heavy atom. The van der Waals surface area contributed by atoms with Crippen LogP contribution in [-0.4, -0.2) is 12.5 Å². The summed E-state index contributed by atoms with van der Waals surface area (Å²) in [6, 6.07) is 9.93. The largest absolute Gasteiger partial charge is 0.384 e. The quantitative estimate of drug-likeness (QED) is 0.874. The van der Waals surface area contributed by atoms with Crippen LogP contribution in [0.15, 0.2) is 42.5 Å². The number of carbonyl (C=O) groups excluding carboxylic acids is 1. The summed E-state index contributed by atoms with van der Waals surface area (Å²) < 4.78 is 25.9. The Labute approximate surface area is 125 Å². The number of anilines is 2. The first kappa shape index (κ1) is 15.3. The Morgan fingerprint density at radius 2 is 1.90 bits per heavy atom. The molecule has 0 atom stereocenters. The van der Waals surface area contributed by atoms with Gasteiger partial charge in [-0.25, -0.2) is 8.78 Å². The third-order valence-electron chi connectivity index (χ3n) is 2.71. The molecule has 0 unspecified atom stereocenters. The van der Waals surface area contributed by atoms with Gasteiger partial charge in [0, 0.05) is 24.3 Å². The summed E-state index contributed by atoms with van der Waals surface area (Å²) in [6.45, 7) is 0.351. The van der Waals surface area contributed by atoms with Gasteiger partial charge in [-0.15, -0.1) is 0 Å². The zero-order valence-electron chi connectivity index (χ0n) is 11.0. The van der Waals surface area contributed by atoms with Crippen molar-refractivity contribution in [3.05, 3.63) is 59.1 Å². The average molecular weight is 311 g/mol. The summed E-state index contributed by atoms with van der Waals surface area (Å²) in [5.74, 6) is -1.13. The van der Waals surface area contributed by atoms with Gasteiger partial charge in [0.05, 0.1) is 5.02 Å². The van der Waals surface area contributed by atoms with Crippen LogP contribution in [0.2, 0.25) is 5.02 Å². The van der Waals surface area contributed by atoms with E-state index >= 15 is 0 Å². The van der Waals surface area contributed by atoms with Crippen molar-refractivity contribution in [3.63, 3.8) is 0 Å². The number of nitrogens with one attached hydrogen (secondary N) is 2. The molecule has 2 aromatic rings. The summed E-state index contributed by atoms with van der Waals surface area (Å²) in [5, 5.41) is 5.49. The lowest BCUT2D eigenvalue weighted by Gasteiger charge is -2.08. The van der Waals surface area contributed by atoms with E-state index in [0.717, 1.165) is 0 Å². The number of amides is 1. The minimum Gasteiger partial charge on any atom is -0.384 e. The summed E-state index contributed by atoms with van der Waals surface area (Å²) in [4.78, 5) is 11.7. The van der Waals surface area contributed by atoms with E-state index in [4.69, 9.17) is 11.6 Å². The third kappa shape index (κ3) is 4.72. The van der Waals surface area contributed by atoms with Crippen molar-refractivity contribution < 1.29 is 13.6 Å². The van der Waals surface area contributed by atoms with E-state index in [9.17, 15) is 13.6 Å². The molecule has 110 valence electrons. The lowest BCUT2D eigenvalue weighted by molar-refractivity contribution is -0.115. The van der Waals surface area contributed by atoms with Gasteiger partial charge in [0.25, 0.3) is 0 Å². The van der Waals surface area contributed by atoms with Gasteiger partial charge in [-0.3, -0.25) is 4.79 Å². The third-order valence-corrected chi connectivity index (χ3v) is 3.00. The Morgan fingerprint density at radius 1 is 1.10 bits per heavy atom. The monoisotopic (exact) mass is 310 g/mol. The van der Waals surface area contributed by atoms with Gasteiger partial charge in [0.2, 0.25) is 5.91 Å². The fourth-order valence-electron chi connectivity index (χ4n) is 1.72. The fourth-order valence-corrected chi connectivity index (χ4v) is 1.90. The van der Waals surface area contributed by atoms with E-state index in [-0.39, 0.29) is 23.2 Å². The summed E-state index contributed by atoms with van der Waals surface area (Å²) in [5.41, 5.74) is 1.03. The highest BCUT2D eigenvalue weighted by Gasteiger charge is 2.05. The molecule has 6 heteroatoms.